The van der Waals surface area contributed by atoms with Crippen LogP contribution < -0.4 is 0 Å². The van der Waals surface area contributed by atoms with Gasteiger partial charge in [0.2, 0.25) is 0 Å². The van der Waals surface area contributed by atoms with Gasteiger partial charge in [0, 0.05) is 58.4 Å². The first-order chi connectivity index (χ1) is 25.3. The van der Waals surface area contributed by atoms with Crippen molar-refractivity contribution in [1.29, 1.82) is 0 Å². The van der Waals surface area contributed by atoms with E-state index < -0.39 is 0 Å². The van der Waals surface area contributed by atoms with Crippen LogP contribution >= 0.6 is 11.3 Å². The monoisotopic (exact) mass is 670 g/mol. The molecule has 0 amide bonds. The molecule has 0 atom stereocenters. The lowest BCUT2D eigenvalue weighted by Crippen LogP contribution is -2.00. The normalized spacial score (nSPS) is 11.9. The van der Waals surface area contributed by atoms with E-state index in [1.54, 1.807) is 0 Å². The van der Waals surface area contributed by atoms with Crippen molar-refractivity contribution in [2.24, 2.45) is 0 Å². The first kappa shape index (κ1) is 28.2. The SMILES string of the molecule is c1ccc(-c2nc(-c3ccccc3)nc(-c3ccc4c(c3)oc3c(-n5c6ccccc6c6c7sc8ccccc8c7ccc65)cccc34)n2)cc1. The number of para-hydroxylation sites is 2. The first-order valence-electron chi connectivity index (χ1n) is 16.9. The highest BCUT2D eigenvalue weighted by atomic mass is 32.1. The quantitative estimate of drug-likeness (QED) is 0.187. The third-order valence-corrected chi connectivity index (χ3v) is 11.1. The van der Waals surface area contributed by atoms with E-state index in [0.29, 0.717) is 17.5 Å². The Morgan fingerprint density at radius 1 is 0.451 bits per heavy atom. The van der Waals surface area contributed by atoms with Crippen molar-refractivity contribution >= 4 is 75.3 Å². The molecule has 0 bridgehead atoms. The number of hydrogen-bond acceptors (Lipinski definition) is 5. The lowest BCUT2D eigenvalue weighted by Gasteiger charge is -2.08. The lowest BCUT2D eigenvalue weighted by molar-refractivity contribution is 0.666. The zero-order valence-corrected chi connectivity index (χ0v) is 27.9. The molecule has 0 aliphatic rings. The van der Waals surface area contributed by atoms with Gasteiger partial charge in [-0.1, -0.05) is 121 Å². The summed E-state index contributed by atoms with van der Waals surface area (Å²) in [6.07, 6.45) is 0. The maximum Gasteiger partial charge on any atom is 0.164 e. The molecule has 0 fully saturated rings. The molecule has 0 saturated heterocycles. The molecule has 0 radical (unpaired) electrons. The van der Waals surface area contributed by atoms with Crippen LogP contribution in [-0.4, -0.2) is 19.5 Å². The average molecular weight is 671 g/mol. The summed E-state index contributed by atoms with van der Waals surface area (Å²) in [6, 6.07) is 54.8. The molecule has 0 spiro atoms. The Morgan fingerprint density at radius 3 is 1.84 bits per heavy atom. The summed E-state index contributed by atoms with van der Waals surface area (Å²) < 4.78 is 11.8. The molecular formula is C45H26N4OS. The molecule has 0 saturated carbocycles. The second-order valence-corrected chi connectivity index (χ2v) is 13.8. The van der Waals surface area contributed by atoms with Gasteiger partial charge in [-0.2, -0.15) is 0 Å². The maximum absolute atomic E-state index is 6.84. The highest BCUT2D eigenvalue weighted by molar-refractivity contribution is 7.26. The Labute approximate surface area is 295 Å². The maximum atomic E-state index is 6.84. The van der Waals surface area contributed by atoms with Crippen LogP contribution in [-0.2, 0) is 0 Å². The van der Waals surface area contributed by atoms with Crippen LogP contribution in [0.25, 0.3) is 104 Å². The molecule has 4 aromatic heterocycles. The van der Waals surface area contributed by atoms with Crippen LogP contribution in [0.5, 0.6) is 0 Å². The second kappa shape index (κ2) is 10.9. The Morgan fingerprint density at radius 2 is 1.08 bits per heavy atom. The van der Waals surface area contributed by atoms with Gasteiger partial charge in [0.1, 0.15) is 5.58 Å². The molecule has 238 valence electrons. The lowest BCUT2D eigenvalue weighted by atomic mass is 10.1. The minimum absolute atomic E-state index is 0.597. The topological polar surface area (TPSA) is 56.7 Å². The van der Waals surface area contributed by atoms with E-state index in [0.717, 1.165) is 55.3 Å². The van der Waals surface area contributed by atoms with Gasteiger partial charge in [-0.25, -0.2) is 15.0 Å². The van der Waals surface area contributed by atoms with Crippen LogP contribution in [0.15, 0.2) is 162 Å². The number of hydrogen-bond donors (Lipinski definition) is 0. The molecule has 11 rings (SSSR count). The predicted octanol–water partition coefficient (Wildman–Crippen LogP) is 12.2. The summed E-state index contributed by atoms with van der Waals surface area (Å²) >= 11 is 1.87. The number of nitrogens with zero attached hydrogens (tertiary/aromatic N) is 4. The Kier molecular flexibility index (Phi) is 6.05. The standard InChI is InChI=1S/C45H26N4OS/c1-3-12-27(13-4-1)43-46-44(28-14-5-2-6-15-28)48-45(47-43)29-22-23-30-32-18-11-20-37(41(32)50-38(30)26-29)49-35-19-9-7-17-34(35)40-36(49)25-24-33-31-16-8-10-21-39(31)51-42(33)40/h1-26H. The van der Waals surface area contributed by atoms with Gasteiger partial charge in [0.05, 0.1) is 16.7 Å². The third-order valence-electron chi connectivity index (χ3n) is 9.86. The Bertz CT molecular complexity index is 3080. The highest BCUT2D eigenvalue weighted by Crippen LogP contribution is 2.44. The fourth-order valence-electron chi connectivity index (χ4n) is 7.53. The molecule has 0 unspecified atom stereocenters. The zero-order valence-electron chi connectivity index (χ0n) is 27.1. The van der Waals surface area contributed by atoms with Crippen molar-refractivity contribution < 1.29 is 4.42 Å². The molecule has 7 aromatic carbocycles. The van der Waals surface area contributed by atoms with Crippen molar-refractivity contribution in [3.63, 3.8) is 0 Å². The number of furan rings is 1. The molecule has 11 aromatic rings. The molecular weight excluding hydrogens is 645 g/mol. The minimum atomic E-state index is 0.597. The summed E-state index contributed by atoms with van der Waals surface area (Å²) in [5, 5.41) is 7.22. The summed E-state index contributed by atoms with van der Waals surface area (Å²) in [5.74, 6) is 1.86. The van der Waals surface area contributed by atoms with Crippen LogP contribution in [0.3, 0.4) is 0 Å². The Hall–Kier alpha value is -6.63. The summed E-state index contributed by atoms with van der Waals surface area (Å²) in [5.41, 5.74) is 7.69. The smallest absolute Gasteiger partial charge is 0.164 e. The van der Waals surface area contributed by atoms with Gasteiger partial charge in [-0.3, -0.25) is 0 Å². The van der Waals surface area contributed by atoms with E-state index in [4.69, 9.17) is 19.4 Å². The molecule has 0 aliphatic carbocycles. The summed E-state index contributed by atoms with van der Waals surface area (Å²) in [4.78, 5) is 14.8. The predicted molar refractivity (Wildman–Crippen MR) is 211 cm³/mol. The van der Waals surface area contributed by atoms with Crippen molar-refractivity contribution in [1.82, 2.24) is 19.5 Å². The summed E-state index contributed by atoms with van der Waals surface area (Å²) in [7, 11) is 0. The van der Waals surface area contributed by atoms with E-state index in [9.17, 15) is 0 Å². The molecule has 6 heteroatoms. The van der Waals surface area contributed by atoms with Gasteiger partial charge < -0.3 is 8.98 Å². The van der Waals surface area contributed by atoms with Gasteiger partial charge in [0.15, 0.2) is 23.1 Å². The number of thiophene rings is 1. The van der Waals surface area contributed by atoms with E-state index >= 15 is 0 Å². The second-order valence-electron chi connectivity index (χ2n) is 12.8. The zero-order chi connectivity index (χ0) is 33.5. The molecule has 5 nitrogen and oxygen atoms in total. The third kappa shape index (κ3) is 4.30. The fourth-order valence-corrected chi connectivity index (χ4v) is 8.79. The molecule has 4 heterocycles. The van der Waals surface area contributed by atoms with Crippen molar-refractivity contribution in [3.8, 4) is 39.9 Å². The van der Waals surface area contributed by atoms with Gasteiger partial charge in [-0.05, 0) is 36.4 Å². The van der Waals surface area contributed by atoms with Crippen LogP contribution in [0.1, 0.15) is 0 Å². The number of benzene rings is 7. The fraction of sp³-hybridized carbons (Fsp3) is 0. The van der Waals surface area contributed by atoms with Crippen molar-refractivity contribution in [3.05, 3.63) is 158 Å². The number of aromatic nitrogens is 4. The molecule has 0 aliphatic heterocycles. The molecule has 0 N–H and O–H groups in total. The van der Waals surface area contributed by atoms with Gasteiger partial charge in [-0.15, -0.1) is 11.3 Å². The van der Waals surface area contributed by atoms with Crippen LogP contribution in [0, 0.1) is 0 Å². The van der Waals surface area contributed by atoms with Crippen molar-refractivity contribution in [2.75, 3.05) is 0 Å². The van der Waals surface area contributed by atoms with Gasteiger partial charge in [0.25, 0.3) is 0 Å². The van der Waals surface area contributed by atoms with E-state index in [1.807, 2.05) is 72.0 Å². The highest BCUT2D eigenvalue weighted by Gasteiger charge is 2.21. The summed E-state index contributed by atoms with van der Waals surface area (Å²) in [6.45, 7) is 0. The van der Waals surface area contributed by atoms with Crippen LogP contribution in [0.4, 0.5) is 0 Å². The van der Waals surface area contributed by atoms with Crippen LogP contribution in [0.2, 0.25) is 0 Å². The Balaban J connectivity index is 1.12. The van der Waals surface area contributed by atoms with Crippen molar-refractivity contribution in [2.45, 2.75) is 0 Å². The number of fused-ring (bicyclic) bond motifs is 10. The first-order valence-corrected chi connectivity index (χ1v) is 17.8. The molecule has 51 heavy (non-hydrogen) atoms. The average Bonchev–Trinajstić information content (AvgIpc) is 3.87. The van der Waals surface area contributed by atoms with E-state index in [-0.39, 0.29) is 0 Å². The van der Waals surface area contributed by atoms with E-state index in [1.165, 1.54) is 30.9 Å². The van der Waals surface area contributed by atoms with E-state index in [2.05, 4.69) is 102 Å². The minimum Gasteiger partial charge on any atom is -0.454 e. The number of rotatable bonds is 4. The largest absolute Gasteiger partial charge is 0.454 e. The van der Waals surface area contributed by atoms with Gasteiger partial charge >= 0.3 is 0 Å².